The van der Waals surface area contributed by atoms with Crippen LogP contribution in [-0.2, 0) is 13.1 Å². The van der Waals surface area contributed by atoms with Crippen molar-refractivity contribution in [1.29, 1.82) is 0 Å². The van der Waals surface area contributed by atoms with Crippen LogP contribution in [0.25, 0.3) is 0 Å². The molecule has 0 aliphatic heterocycles. The molecule has 5 heteroatoms. The van der Waals surface area contributed by atoms with Crippen molar-refractivity contribution in [1.82, 2.24) is 0 Å². The second-order valence-corrected chi connectivity index (χ2v) is 6.09. The highest BCUT2D eigenvalue weighted by atomic mass is 16.3. The molecule has 0 bridgehead atoms. The molecule has 0 radical (unpaired) electrons. The van der Waals surface area contributed by atoms with E-state index >= 15 is 0 Å². The molecule has 0 atom stereocenters. The zero-order valence-corrected chi connectivity index (χ0v) is 13.8. The van der Waals surface area contributed by atoms with Crippen molar-refractivity contribution in [3.05, 3.63) is 80.0 Å². The van der Waals surface area contributed by atoms with Crippen molar-refractivity contribution >= 4 is 11.4 Å². The predicted octanol–water partition coefficient (Wildman–Crippen LogP) is 3.22. The molecular formula is C19H20N2O3. The molecule has 0 saturated heterocycles. The van der Waals surface area contributed by atoms with Gasteiger partial charge in [0.2, 0.25) is 0 Å². The lowest BCUT2D eigenvalue weighted by Gasteiger charge is -2.14. The first-order valence-corrected chi connectivity index (χ1v) is 7.98. The van der Waals surface area contributed by atoms with Crippen LogP contribution in [-0.4, -0.2) is 0 Å². The van der Waals surface area contributed by atoms with Gasteiger partial charge < -0.3 is 15.1 Å². The van der Waals surface area contributed by atoms with Crippen molar-refractivity contribution in [2.24, 2.45) is 0 Å². The Bertz CT molecular complexity index is 871. The lowest BCUT2D eigenvalue weighted by Crippen LogP contribution is -2.37. The summed E-state index contributed by atoms with van der Waals surface area (Å²) in [5.41, 5.74) is 2.04. The molecule has 0 amide bonds. The maximum Gasteiger partial charge on any atom is 0.253 e. The van der Waals surface area contributed by atoms with Gasteiger partial charge in [0.25, 0.3) is 10.9 Å². The Morgan fingerprint density at radius 1 is 0.917 bits per heavy atom. The fourth-order valence-electron chi connectivity index (χ4n) is 2.53. The lowest BCUT2D eigenvalue weighted by atomic mass is 10.0. The average molecular weight is 324 g/mol. The van der Waals surface area contributed by atoms with Gasteiger partial charge in [0.15, 0.2) is 0 Å². The summed E-state index contributed by atoms with van der Waals surface area (Å²) in [6.07, 6.45) is 1.57. The first kappa shape index (κ1) is 16.1. The van der Waals surface area contributed by atoms with Crippen molar-refractivity contribution in [2.75, 3.05) is 10.6 Å². The van der Waals surface area contributed by atoms with E-state index in [2.05, 4.69) is 36.6 Å². The van der Waals surface area contributed by atoms with Gasteiger partial charge in [-0.1, -0.05) is 38.1 Å². The van der Waals surface area contributed by atoms with E-state index in [0.717, 1.165) is 5.56 Å². The molecular weight excluding hydrogens is 304 g/mol. The molecule has 0 fully saturated rings. The van der Waals surface area contributed by atoms with Crippen LogP contribution < -0.4 is 21.5 Å². The summed E-state index contributed by atoms with van der Waals surface area (Å²) in [4.78, 5) is 23.5. The number of nitrogens with one attached hydrogen (secondary N) is 2. The van der Waals surface area contributed by atoms with Crippen LogP contribution in [0.2, 0.25) is 0 Å². The van der Waals surface area contributed by atoms with Crippen LogP contribution in [0.4, 0.5) is 11.4 Å². The summed E-state index contributed by atoms with van der Waals surface area (Å²) >= 11 is 0. The molecule has 3 aromatic rings. The zero-order valence-electron chi connectivity index (χ0n) is 13.8. The van der Waals surface area contributed by atoms with E-state index in [1.807, 2.05) is 18.2 Å². The van der Waals surface area contributed by atoms with Gasteiger partial charge in [-0.3, -0.25) is 9.59 Å². The van der Waals surface area contributed by atoms with Gasteiger partial charge in [-0.25, -0.2) is 0 Å². The topological polar surface area (TPSA) is 71.3 Å². The minimum absolute atomic E-state index is 0.329. The molecule has 1 aromatic heterocycles. The first-order valence-electron chi connectivity index (χ1n) is 7.98. The fourth-order valence-corrected chi connectivity index (χ4v) is 2.53. The summed E-state index contributed by atoms with van der Waals surface area (Å²) in [7, 11) is 0. The molecule has 0 spiro atoms. The Labute approximate surface area is 140 Å². The van der Waals surface area contributed by atoms with Crippen molar-refractivity contribution in [3.63, 3.8) is 0 Å². The van der Waals surface area contributed by atoms with Gasteiger partial charge in [-0.2, -0.15) is 0 Å². The number of anilines is 2. The van der Waals surface area contributed by atoms with Gasteiger partial charge in [0.05, 0.1) is 12.8 Å². The maximum absolute atomic E-state index is 11.8. The SMILES string of the molecule is CC(C)c1ccc(CNc2c(NCc3ccco3)c(=O)c2=O)cc1. The van der Waals surface area contributed by atoms with E-state index < -0.39 is 10.9 Å². The third-order valence-corrected chi connectivity index (χ3v) is 4.05. The summed E-state index contributed by atoms with van der Waals surface area (Å²) in [6, 6.07) is 11.8. The maximum atomic E-state index is 11.8. The molecule has 24 heavy (non-hydrogen) atoms. The lowest BCUT2D eigenvalue weighted by molar-refractivity contribution is 0.518. The van der Waals surface area contributed by atoms with Gasteiger partial charge in [0.1, 0.15) is 17.1 Å². The Morgan fingerprint density at radius 2 is 1.54 bits per heavy atom. The van der Waals surface area contributed by atoms with Gasteiger partial charge in [0, 0.05) is 6.54 Å². The third kappa shape index (κ3) is 3.25. The fraction of sp³-hybridized carbons (Fsp3) is 0.263. The van der Waals surface area contributed by atoms with E-state index in [-0.39, 0.29) is 0 Å². The molecule has 2 aromatic carbocycles. The Kier molecular flexibility index (Phi) is 4.51. The average Bonchev–Trinajstić information content (AvgIpc) is 3.10. The van der Waals surface area contributed by atoms with Crippen molar-refractivity contribution in [3.8, 4) is 0 Å². The molecule has 2 N–H and O–H groups in total. The van der Waals surface area contributed by atoms with Crippen LogP contribution in [0.1, 0.15) is 36.7 Å². The number of benzene rings is 1. The van der Waals surface area contributed by atoms with E-state index in [0.29, 0.717) is 36.1 Å². The predicted molar refractivity (Wildman–Crippen MR) is 95.2 cm³/mol. The molecule has 0 unspecified atom stereocenters. The second kappa shape index (κ2) is 6.74. The standard InChI is InChI=1S/C19H20N2O3/c1-12(2)14-7-5-13(6-8-14)10-20-16-17(19(23)18(16)22)21-11-15-4-3-9-24-15/h3-9,12,20-21H,10-11H2,1-2H3. The molecule has 5 nitrogen and oxygen atoms in total. The highest BCUT2D eigenvalue weighted by Crippen LogP contribution is 2.18. The molecule has 124 valence electrons. The summed E-state index contributed by atoms with van der Waals surface area (Å²) < 4.78 is 5.21. The van der Waals surface area contributed by atoms with Crippen molar-refractivity contribution in [2.45, 2.75) is 32.9 Å². The second-order valence-electron chi connectivity index (χ2n) is 6.09. The highest BCUT2D eigenvalue weighted by molar-refractivity contribution is 5.73. The third-order valence-electron chi connectivity index (χ3n) is 4.05. The Balaban J connectivity index is 1.64. The highest BCUT2D eigenvalue weighted by Gasteiger charge is 2.20. The number of hydrogen-bond donors (Lipinski definition) is 2. The molecule has 3 rings (SSSR count). The largest absolute Gasteiger partial charge is 0.467 e. The smallest absolute Gasteiger partial charge is 0.253 e. The van der Waals surface area contributed by atoms with E-state index in [9.17, 15) is 9.59 Å². The van der Waals surface area contributed by atoms with Gasteiger partial charge >= 0.3 is 0 Å². The summed E-state index contributed by atoms with van der Waals surface area (Å²) in [6.45, 7) is 5.16. The quantitative estimate of drug-likeness (QED) is 0.653. The van der Waals surface area contributed by atoms with E-state index in [1.165, 1.54) is 5.56 Å². The Morgan fingerprint density at radius 3 is 2.08 bits per heavy atom. The molecule has 1 heterocycles. The normalized spacial score (nSPS) is 11.1. The zero-order chi connectivity index (χ0) is 17.1. The first-order chi connectivity index (χ1) is 11.6. The number of rotatable bonds is 7. The number of furan rings is 1. The van der Waals surface area contributed by atoms with Crippen LogP contribution in [0.3, 0.4) is 0 Å². The van der Waals surface area contributed by atoms with Crippen LogP contribution in [0.5, 0.6) is 0 Å². The van der Waals surface area contributed by atoms with Crippen LogP contribution >= 0.6 is 0 Å². The van der Waals surface area contributed by atoms with Gasteiger partial charge in [-0.05, 0) is 29.2 Å². The summed E-state index contributed by atoms with van der Waals surface area (Å²) in [5, 5.41) is 6.03. The number of hydrogen-bond acceptors (Lipinski definition) is 5. The van der Waals surface area contributed by atoms with Crippen molar-refractivity contribution < 1.29 is 4.42 Å². The van der Waals surface area contributed by atoms with Gasteiger partial charge in [-0.15, -0.1) is 0 Å². The molecule has 0 saturated carbocycles. The minimum Gasteiger partial charge on any atom is -0.467 e. The van der Waals surface area contributed by atoms with E-state index in [4.69, 9.17) is 4.42 Å². The molecule has 0 aliphatic carbocycles. The molecule has 0 aliphatic rings. The summed E-state index contributed by atoms with van der Waals surface area (Å²) in [5.74, 6) is 1.19. The van der Waals surface area contributed by atoms with Crippen LogP contribution in [0, 0.1) is 0 Å². The van der Waals surface area contributed by atoms with Crippen LogP contribution in [0.15, 0.2) is 56.7 Å². The Hall–Kier alpha value is -2.82. The minimum atomic E-state index is -0.487. The van der Waals surface area contributed by atoms with E-state index in [1.54, 1.807) is 12.3 Å². The monoisotopic (exact) mass is 324 g/mol.